The minimum absolute atomic E-state index is 0.0529. The fraction of sp³-hybridized carbons (Fsp3) is 0.426. The van der Waals surface area contributed by atoms with E-state index < -0.39 is 6.61 Å². The Morgan fingerprint density at radius 1 is 0.778 bits per heavy atom. The third-order valence-corrected chi connectivity index (χ3v) is 10.1. The molecule has 0 aliphatic carbocycles. The minimum Gasteiger partial charge on any atom is -0.504 e. The lowest BCUT2D eigenvalue weighted by Crippen LogP contribution is -2.08. The fourth-order valence-electron chi connectivity index (χ4n) is 7.01. The number of aliphatic hydroxyl groups is 1. The molecule has 0 amide bonds. The summed E-state index contributed by atoms with van der Waals surface area (Å²) in [4.78, 5) is 30.2. The van der Waals surface area contributed by atoms with Crippen molar-refractivity contribution in [2.45, 2.75) is 110 Å². The van der Waals surface area contributed by atoms with E-state index in [1.54, 1.807) is 18.3 Å². The number of methoxy groups -OCH3 is 1. The molecule has 0 radical (unpaired) electrons. The van der Waals surface area contributed by atoms with Crippen molar-refractivity contribution in [3.8, 4) is 11.5 Å². The second-order valence-corrected chi connectivity index (χ2v) is 15.0. The number of nitrogen functional groups attached to an aromatic ring is 1. The number of nitrogens with zero attached hydrogens (tertiary/aromatic N) is 1. The van der Waals surface area contributed by atoms with Gasteiger partial charge in [-0.1, -0.05) is 113 Å². The fourth-order valence-corrected chi connectivity index (χ4v) is 7.01. The van der Waals surface area contributed by atoms with E-state index in [0.717, 1.165) is 62.0 Å². The smallest absolute Gasteiger partial charge is 0.163 e. The SMILES string of the molecule is COc1cc(C(=CC(=O)CC(=O)CCCCCCCCCC(C)C)CO)c(Cc2cnc(N)cc2CCc2cccc(CCc3ccccc3)c2)cc1O. The number of aryl methyl sites for hydroxylation is 4. The standard InChI is InChI=1S/C47H60N2O5/c1-34(2)15-10-7-5-4-6-8-13-20-42(51)30-43(52)27-41(33-50)44-31-46(54-3)45(53)28-39(44)26-40-32-49-47(48)29-38(40)24-23-37-19-14-18-36(25-37)22-21-35-16-11-9-12-17-35/h9,11-12,14,16-19,25,27-29,31-32,34,50,53H,4-8,10,13,15,20-24,26,30,33H2,1-3H3,(H2,48,49). The van der Waals surface area contributed by atoms with Gasteiger partial charge < -0.3 is 20.7 Å². The van der Waals surface area contributed by atoms with Crippen molar-refractivity contribution in [3.63, 3.8) is 0 Å². The van der Waals surface area contributed by atoms with Crippen molar-refractivity contribution in [1.82, 2.24) is 4.98 Å². The van der Waals surface area contributed by atoms with Gasteiger partial charge in [0.1, 0.15) is 11.6 Å². The van der Waals surface area contributed by atoms with Crippen molar-refractivity contribution in [1.29, 1.82) is 0 Å². The number of nitrogens with two attached hydrogens (primary N) is 1. The maximum Gasteiger partial charge on any atom is 0.163 e. The molecule has 0 aliphatic rings. The average molecular weight is 733 g/mol. The van der Waals surface area contributed by atoms with E-state index in [1.165, 1.54) is 62.0 Å². The molecule has 1 aromatic heterocycles. The molecule has 3 aromatic carbocycles. The Hall–Kier alpha value is -4.75. The lowest BCUT2D eigenvalue weighted by molar-refractivity contribution is -0.124. The van der Waals surface area contributed by atoms with Crippen LogP contribution >= 0.6 is 0 Å². The van der Waals surface area contributed by atoms with E-state index >= 15 is 0 Å². The van der Waals surface area contributed by atoms with E-state index in [2.05, 4.69) is 67.4 Å². The van der Waals surface area contributed by atoms with Crippen molar-refractivity contribution < 1.29 is 24.5 Å². The molecule has 0 unspecified atom stereocenters. The Kier molecular flexibility index (Phi) is 17.5. The lowest BCUT2D eigenvalue weighted by Gasteiger charge is -2.17. The zero-order chi connectivity index (χ0) is 38.7. The summed E-state index contributed by atoms with van der Waals surface area (Å²) in [5, 5.41) is 21.3. The van der Waals surface area contributed by atoms with Crippen molar-refractivity contribution in [2.24, 2.45) is 5.92 Å². The van der Waals surface area contributed by atoms with Crippen LogP contribution in [0.4, 0.5) is 5.82 Å². The number of hydrogen-bond acceptors (Lipinski definition) is 7. The third-order valence-electron chi connectivity index (χ3n) is 10.1. The maximum atomic E-state index is 13.1. The molecular weight excluding hydrogens is 673 g/mol. The summed E-state index contributed by atoms with van der Waals surface area (Å²) in [6.07, 6.45) is 16.3. The summed E-state index contributed by atoms with van der Waals surface area (Å²) < 4.78 is 5.41. The van der Waals surface area contributed by atoms with E-state index in [-0.39, 0.29) is 29.5 Å². The summed E-state index contributed by atoms with van der Waals surface area (Å²) in [6.45, 7) is 4.10. The van der Waals surface area contributed by atoms with Crippen molar-refractivity contribution in [2.75, 3.05) is 19.5 Å². The van der Waals surface area contributed by atoms with Crippen LogP contribution in [-0.2, 0) is 41.7 Å². The molecule has 0 fully saturated rings. The Labute approximate surface area is 322 Å². The number of aromatic nitrogens is 1. The number of rotatable bonds is 24. The van der Waals surface area contributed by atoms with Gasteiger partial charge in [-0.3, -0.25) is 9.59 Å². The summed E-state index contributed by atoms with van der Waals surface area (Å²) in [5.74, 6) is 0.907. The summed E-state index contributed by atoms with van der Waals surface area (Å²) in [5.41, 5.74) is 13.6. The number of carbonyl (C=O) groups excluding carboxylic acids is 2. The van der Waals surface area contributed by atoms with E-state index in [9.17, 15) is 19.8 Å². The third kappa shape index (κ3) is 14.2. The molecule has 0 aliphatic heterocycles. The van der Waals surface area contributed by atoms with Crippen LogP contribution in [-0.4, -0.2) is 40.5 Å². The monoisotopic (exact) mass is 732 g/mol. The first-order valence-electron chi connectivity index (χ1n) is 19.8. The van der Waals surface area contributed by atoms with Gasteiger partial charge >= 0.3 is 0 Å². The molecule has 0 bridgehead atoms. The number of hydrogen-bond donors (Lipinski definition) is 3. The lowest BCUT2D eigenvalue weighted by atomic mass is 9.91. The summed E-state index contributed by atoms with van der Waals surface area (Å²) in [6, 6.07) is 24.3. The Morgan fingerprint density at radius 3 is 2.11 bits per heavy atom. The minimum atomic E-state index is -0.425. The number of Topliss-reactive ketones (excluding diaryl/α,β-unsaturated/α-hetero) is 1. The van der Waals surface area contributed by atoms with Crippen LogP contribution in [0.5, 0.6) is 11.5 Å². The Balaban J connectivity index is 1.41. The Morgan fingerprint density at radius 2 is 1.43 bits per heavy atom. The van der Waals surface area contributed by atoms with Crippen LogP contribution < -0.4 is 10.5 Å². The van der Waals surface area contributed by atoms with Gasteiger partial charge in [-0.2, -0.15) is 0 Å². The van der Waals surface area contributed by atoms with Gasteiger partial charge in [0, 0.05) is 12.6 Å². The highest BCUT2D eigenvalue weighted by molar-refractivity contribution is 6.07. The van der Waals surface area contributed by atoms with E-state index in [4.69, 9.17) is 10.5 Å². The molecule has 288 valence electrons. The average Bonchev–Trinajstić information content (AvgIpc) is 3.16. The molecule has 54 heavy (non-hydrogen) atoms. The molecule has 4 rings (SSSR count). The first-order valence-corrected chi connectivity index (χ1v) is 19.8. The molecule has 7 heteroatoms. The molecule has 1 heterocycles. The molecule has 0 saturated carbocycles. The number of unbranched alkanes of at least 4 members (excludes halogenated alkanes) is 6. The number of aromatic hydroxyl groups is 1. The number of phenols is 1. The van der Waals surface area contributed by atoms with Gasteiger partial charge in [0.25, 0.3) is 0 Å². The number of ether oxygens (including phenoxy) is 1. The molecule has 4 N–H and O–H groups in total. The highest BCUT2D eigenvalue weighted by Gasteiger charge is 2.18. The van der Waals surface area contributed by atoms with Crippen LogP contribution in [0.1, 0.15) is 117 Å². The van der Waals surface area contributed by atoms with Crippen LogP contribution in [0.25, 0.3) is 5.57 Å². The quantitative estimate of drug-likeness (QED) is 0.0373. The second-order valence-electron chi connectivity index (χ2n) is 15.0. The number of aliphatic hydroxyl groups excluding tert-OH is 1. The molecule has 0 spiro atoms. The van der Waals surface area contributed by atoms with Gasteiger partial charge in [-0.25, -0.2) is 4.98 Å². The van der Waals surface area contributed by atoms with Gasteiger partial charge in [0.2, 0.25) is 0 Å². The normalized spacial score (nSPS) is 11.6. The zero-order valence-electron chi connectivity index (χ0n) is 32.6. The van der Waals surface area contributed by atoms with Crippen molar-refractivity contribution in [3.05, 3.63) is 124 Å². The topological polar surface area (TPSA) is 123 Å². The van der Waals surface area contributed by atoms with Crippen LogP contribution in [0.15, 0.2) is 85.1 Å². The van der Waals surface area contributed by atoms with Crippen LogP contribution in [0.3, 0.4) is 0 Å². The van der Waals surface area contributed by atoms with E-state index in [0.29, 0.717) is 35.4 Å². The second kappa shape index (κ2) is 22.5. The molecular formula is C47H60N2O5. The highest BCUT2D eigenvalue weighted by atomic mass is 16.5. The zero-order valence-corrected chi connectivity index (χ0v) is 32.6. The predicted octanol–water partition coefficient (Wildman–Crippen LogP) is 9.61. The number of carbonyl (C=O) groups is 2. The number of phenolic OH excluding ortho intramolecular Hbond substituents is 1. The van der Waals surface area contributed by atoms with Gasteiger partial charge in [0.05, 0.1) is 20.1 Å². The molecule has 0 atom stereocenters. The number of benzene rings is 3. The number of ketones is 2. The summed E-state index contributed by atoms with van der Waals surface area (Å²) >= 11 is 0. The van der Waals surface area contributed by atoms with Crippen LogP contribution in [0.2, 0.25) is 0 Å². The first kappa shape index (κ1) is 42.0. The number of anilines is 1. The summed E-state index contributed by atoms with van der Waals surface area (Å²) in [7, 11) is 1.45. The van der Waals surface area contributed by atoms with Gasteiger partial charge in [0.15, 0.2) is 17.3 Å². The van der Waals surface area contributed by atoms with E-state index in [1.807, 2.05) is 12.1 Å². The van der Waals surface area contributed by atoms with Crippen molar-refractivity contribution >= 4 is 23.0 Å². The number of pyridine rings is 1. The first-order chi connectivity index (χ1) is 26.1. The number of allylic oxidation sites excluding steroid dienone is 1. The van der Waals surface area contributed by atoms with Gasteiger partial charge in [-0.15, -0.1) is 0 Å². The maximum absolute atomic E-state index is 13.1. The highest BCUT2D eigenvalue weighted by Crippen LogP contribution is 2.35. The molecule has 4 aromatic rings. The molecule has 0 saturated heterocycles. The molecule has 7 nitrogen and oxygen atoms in total. The van der Waals surface area contributed by atoms with Gasteiger partial charge in [-0.05, 0) is 113 Å². The predicted molar refractivity (Wildman–Crippen MR) is 220 cm³/mol. The Bertz CT molecular complexity index is 1810. The largest absolute Gasteiger partial charge is 0.504 e. The van der Waals surface area contributed by atoms with Crippen LogP contribution in [0, 0.1) is 5.92 Å².